The highest BCUT2D eigenvalue weighted by Gasteiger charge is 2.41. The molecule has 2 unspecified atom stereocenters. The van der Waals surface area contributed by atoms with Gasteiger partial charge >= 0.3 is 0 Å². The minimum Gasteiger partial charge on any atom is -0.436 e. The highest BCUT2D eigenvalue weighted by Crippen LogP contribution is 2.58. The molecule has 0 aliphatic heterocycles. The Labute approximate surface area is 863 Å². The van der Waals surface area contributed by atoms with E-state index in [0.29, 0.717) is 29.5 Å². The zero-order chi connectivity index (χ0) is 98.1. The number of rotatable bonds is 14. The predicted molar refractivity (Wildman–Crippen MR) is 622 cm³/mol. The number of allylic oxidation sites excluding steroid dienone is 8. The van der Waals surface area contributed by atoms with E-state index >= 15 is 0 Å². The Hall–Kier alpha value is -19.4. The second-order valence-corrected chi connectivity index (χ2v) is 39.6. The van der Waals surface area contributed by atoms with Gasteiger partial charge in [0.1, 0.15) is 16.6 Å². The summed E-state index contributed by atoms with van der Waals surface area (Å²) in [5, 5.41) is 19.4. The molecule has 0 bridgehead atoms. The molecule has 698 valence electrons. The Morgan fingerprint density at radius 3 is 1.21 bits per heavy atom. The maximum atomic E-state index is 6.59. The summed E-state index contributed by atoms with van der Waals surface area (Å²) in [7, 11) is 0. The Bertz CT molecular complexity index is 10100. The summed E-state index contributed by atoms with van der Waals surface area (Å²) >= 11 is 1.77. The van der Waals surface area contributed by atoms with Crippen LogP contribution in [0.3, 0.4) is 0 Å². The van der Waals surface area contributed by atoms with Crippen molar-refractivity contribution >= 4 is 198 Å². The molecular weight excluding hydrogens is 1830 g/mol. The summed E-state index contributed by atoms with van der Waals surface area (Å²) in [5.41, 5.74) is 36.0. The SMILES string of the molecule is C1=CC2C(c3ccc(N(c4ccccc4)c4ccc5c(ccc6ccc7oc(-c8ccccc8)nc7c65)c4)cc3)=CC=C3c4ccccc4C(=C1)C32.c1ccc(-c2ccc(N(c3ccc4sccc4c3)c3ccc4ccc5ccc6nc(-c7ccccc7)oc6c5c4c3)cc2)cc1.c1ccc(-c2nc3ccc4ccc5ccc(N(c6ccccc6)c6ccc7c8c(cccc68)-c6ccccc6-c6ccccc6-7)cc5c4c3o2)cc1. The first-order valence-electron chi connectivity index (χ1n) is 50.7. The van der Waals surface area contributed by atoms with E-state index in [2.05, 4.69) is 439 Å². The van der Waals surface area contributed by atoms with Gasteiger partial charge in [-0.1, -0.05) is 346 Å². The normalized spacial score (nSPS) is 13.6. The second-order valence-electron chi connectivity index (χ2n) is 38.6. The molecule has 4 aliphatic rings. The van der Waals surface area contributed by atoms with Gasteiger partial charge in [0.15, 0.2) is 16.7 Å². The van der Waals surface area contributed by atoms with Crippen molar-refractivity contribution in [1.82, 2.24) is 15.0 Å². The Morgan fingerprint density at radius 2 is 0.631 bits per heavy atom. The lowest BCUT2D eigenvalue weighted by atomic mass is 9.72. The highest BCUT2D eigenvalue weighted by molar-refractivity contribution is 7.17. The lowest BCUT2D eigenvalue weighted by Gasteiger charge is -2.32. The van der Waals surface area contributed by atoms with E-state index in [4.69, 9.17) is 28.2 Å². The van der Waals surface area contributed by atoms with E-state index in [0.717, 1.165) is 166 Å². The zero-order valence-corrected chi connectivity index (χ0v) is 81.4. The zero-order valence-electron chi connectivity index (χ0n) is 80.6. The van der Waals surface area contributed by atoms with Crippen molar-refractivity contribution in [2.45, 2.75) is 0 Å². The molecule has 0 N–H and O–H groups in total. The van der Waals surface area contributed by atoms with Crippen LogP contribution in [0.25, 0.3) is 214 Å². The van der Waals surface area contributed by atoms with E-state index < -0.39 is 0 Å². The van der Waals surface area contributed by atoms with Crippen LogP contribution in [-0.2, 0) is 0 Å². The van der Waals surface area contributed by atoms with Crippen LogP contribution in [-0.4, -0.2) is 15.0 Å². The minimum absolute atomic E-state index is 0.318. The van der Waals surface area contributed by atoms with Crippen LogP contribution in [0, 0.1) is 11.8 Å². The Kier molecular flexibility index (Phi) is 20.8. The first-order chi connectivity index (χ1) is 73.9. The van der Waals surface area contributed by atoms with E-state index in [-0.39, 0.29) is 0 Å². The van der Waals surface area contributed by atoms with E-state index in [1.54, 1.807) is 11.3 Å². The third-order valence-corrected chi connectivity index (χ3v) is 31.1. The van der Waals surface area contributed by atoms with Crippen molar-refractivity contribution < 1.29 is 13.3 Å². The van der Waals surface area contributed by atoms with Crippen LogP contribution in [0.4, 0.5) is 51.2 Å². The summed E-state index contributed by atoms with van der Waals surface area (Å²) < 4.78 is 20.7. The number of hydrogen-bond acceptors (Lipinski definition) is 10. The summed E-state index contributed by atoms with van der Waals surface area (Å²) in [6.45, 7) is 0. The van der Waals surface area contributed by atoms with Crippen LogP contribution >= 0.6 is 11.3 Å². The molecule has 9 nitrogen and oxygen atoms in total. The Balaban J connectivity index is 0.000000105. The number of para-hydroxylation sites is 2. The van der Waals surface area contributed by atoms with Gasteiger partial charge in [0.25, 0.3) is 0 Å². The number of aromatic nitrogens is 3. The Morgan fingerprint density at radius 1 is 0.228 bits per heavy atom. The molecule has 2 atom stereocenters. The predicted octanol–water partition coefficient (Wildman–Crippen LogP) is 38.8. The molecule has 23 aromatic carbocycles. The lowest BCUT2D eigenvalue weighted by Crippen LogP contribution is -2.18. The molecule has 0 saturated carbocycles. The molecule has 31 rings (SSSR count). The molecule has 0 saturated heterocycles. The number of nitrogens with zero attached hydrogens (tertiary/aromatic N) is 6. The van der Waals surface area contributed by atoms with Gasteiger partial charge < -0.3 is 28.0 Å². The van der Waals surface area contributed by atoms with Crippen molar-refractivity contribution in [2.75, 3.05) is 14.7 Å². The van der Waals surface area contributed by atoms with Crippen molar-refractivity contribution in [3.63, 3.8) is 0 Å². The molecule has 4 heterocycles. The van der Waals surface area contributed by atoms with Crippen molar-refractivity contribution in [1.29, 1.82) is 0 Å². The average Bonchev–Trinajstić information content (AvgIpc) is 1.64. The fraction of sp³-hybridized carbons (Fsp3) is 0.0144. The van der Waals surface area contributed by atoms with E-state index in [1.165, 1.54) is 98.8 Å². The van der Waals surface area contributed by atoms with Crippen LogP contribution in [0.1, 0.15) is 16.7 Å². The molecule has 27 aromatic rings. The van der Waals surface area contributed by atoms with Gasteiger partial charge in [0, 0.05) is 100 Å². The standard InChI is InChI=1S/C49H30N2O.C49H32N2O.C41H26N2OS/c1-3-12-33(13-4-1)49-50-44-28-25-32-23-22-31-24-26-35(30-43(31)46(32)48(44)52-49)51(34-14-5-2-6-15-34)45-29-27-41-39-19-10-8-17-37(39)36-16-7-9-18-38(36)40-20-11-21-42(45)47(40)41;1-3-10-33(11-4-1)49-50-48-45(52-49)29-22-32-18-19-34-30-37(25-26-39(34)46(32)48)51(35-12-5-2-6-13-35)36-23-20-31(21-24-36)38-27-28-44-41-15-8-7-14-40(41)43-17-9-16-42(38)47(43)44;1-3-7-27(8-4-1)28-13-17-33(18-14-28)43(34-20-22-38-32(25-34)23-24-45-38)35-19-15-29-11-12-30-16-21-37-40(39(30)36(29)26-35)44-41(42-37)31-9-5-2-6-10-31/h1-30H;1-30,42,47H;1-26H. The summed E-state index contributed by atoms with van der Waals surface area (Å²) in [4.78, 5) is 21.9. The van der Waals surface area contributed by atoms with Crippen molar-refractivity contribution in [3.8, 4) is 78.9 Å². The quantitative estimate of drug-likeness (QED) is 0.0988. The van der Waals surface area contributed by atoms with Crippen LogP contribution in [0.15, 0.2) is 534 Å². The third kappa shape index (κ3) is 14.9. The molecule has 10 heteroatoms. The van der Waals surface area contributed by atoms with Crippen LogP contribution in [0.2, 0.25) is 0 Å². The first-order valence-corrected chi connectivity index (χ1v) is 51.6. The van der Waals surface area contributed by atoms with Crippen LogP contribution < -0.4 is 14.7 Å². The molecule has 4 aliphatic carbocycles. The lowest BCUT2D eigenvalue weighted by molar-refractivity contribution is 0.620. The number of oxazole rings is 3. The van der Waals surface area contributed by atoms with Gasteiger partial charge in [-0.2, -0.15) is 0 Å². The summed E-state index contributed by atoms with van der Waals surface area (Å²) in [6.07, 6.45) is 11.6. The fourth-order valence-electron chi connectivity index (χ4n) is 23.3. The van der Waals surface area contributed by atoms with Gasteiger partial charge in [-0.15, -0.1) is 11.3 Å². The van der Waals surface area contributed by atoms with E-state index in [9.17, 15) is 0 Å². The summed E-state index contributed by atoms with van der Waals surface area (Å²) in [5.74, 6) is 2.60. The third-order valence-electron chi connectivity index (χ3n) is 30.2. The first kappa shape index (κ1) is 86.3. The molecule has 4 aromatic heterocycles. The largest absolute Gasteiger partial charge is 0.436 e. The number of benzene rings is 23. The van der Waals surface area contributed by atoms with Gasteiger partial charge in [-0.25, -0.2) is 15.0 Å². The number of hydrogen-bond donors (Lipinski definition) is 0. The minimum atomic E-state index is 0.318. The smallest absolute Gasteiger partial charge is 0.227 e. The topological polar surface area (TPSA) is 87.8 Å². The molecular formula is C139H88N6O3S. The second kappa shape index (κ2) is 35.9. The fourth-order valence-corrected chi connectivity index (χ4v) is 24.1. The van der Waals surface area contributed by atoms with Gasteiger partial charge in [0.2, 0.25) is 17.7 Å². The van der Waals surface area contributed by atoms with Gasteiger partial charge in [-0.3, -0.25) is 0 Å². The monoisotopic (exact) mass is 1920 g/mol. The number of fused-ring (bicyclic) bond motifs is 24. The van der Waals surface area contributed by atoms with E-state index in [1.807, 2.05) is 97.1 Å². The highest BCUT2D eigenvalue weighted by atomic mass is 32.1. The molecule has 0 fully saturated rings. The molecule has 0 radical (unpaired) electrons. The molecule has 0 amide bonds. The maximum Gasteiger partial charge on any atom is 0.227 e. The van der Waals surface area contributed by atoms with Crippen molar-refractivity contribution in [2.24, 2.45) is 11.8 Å². The number of anilines is 9. The van der Waals surface area contributed by atoms with Crippen LogP contribution in [0.5, 0.6) is 0 Å². The number of thiophene rings is 1. The molecule has 149 heavy (non-hydrogen) atoms. The van der Waals surface area contributed by atoms with Gasteiger partial charge in [-0.05, 0) is 312 Å². The average molecular weight is 1920 g/mol. The maximum absolute atomic E-state index is 6.59. The molecule has 0 spiro atoms. The van der Waals surface area contributed by atoms with Gasteiger partial charge in [0.05, 0.1) is 5.69 Å². The summed E-state index contributed by atoms with van der Waals surface area (Å²) in [6, 6.07) is 173. The van der Waals surface area contributed by atoms with Crippen molar-refractivity contribution in [3.05, 3.63) is 538 Å².